The molecule has 2 rings (SSSR count). The highest BCUT2D eigenvalue weighted by Crippen LogP contribution is 2.17. The third-order valence-electron chi connectivity index (χ3n) is 3.28. The highest BCUT2D eigenvalue weighted by Gasteiger charge is 2.16. The first-order valence-electron chi connectivity index (χ1n) is 7.78. The number of amides is 1. The van der Waals surface area contributed by atoms with Crippen molar-refractivity contribution in [1.82, 2.24) is 14.9 Å². The highest BCUT2D eigenvalue weighted by molar-refractivity contribution is 5.92. The molecule has 2 aromatic rings. The second kappa shape index (κ2) is 8.22. The molecule has 23 heavy (non-hydrogen) atoms. The van der Waals surface area contributed by atoms with Gasteiger partial charge in [-0.2, -0.15) is 0 Å². The summed E-state index contributed by atoms with van der Waals surface area (Å²) in [6.07, 6.45) is 4.65. The van der Waals surface area contributed by atoms with Crippen molar-refractivity contribution in [3.05, 3.63) is 48.2 Å². The molecule has 1 aromatic carbocycles. The summed E-state index contributed by atoms with van der Waals surface area (Å²) in [7, 11) is 0. The van der Waals surface area contributed by atoms with Crippen LogP contribution < -0.4 is 5.32 Å². The maximum absolute atomic E-state index is 13.6. The second-order valence-corrected chi connectivity index (χ2v) is 5.18. The normalized spacial score (nSPS) is 10.4. The summed E-state index contributed by atoms with van der Waals surface area (Å²) < 4.78 is 13.6. The predicted molar refractivity (Wildman–Crippen MR) is 88.2 cm³/mol. The summed E-state index contributed by atoms with van der Waals surface area (Å²) in [5, 5.41) is 2.84. The number of hydrogen-bond acceptors (Lipinski definition) is 4. The van der Waals surface area contributed by atoms with Gasteiger partial charge in [0.2, 0.25) is 0 Å². The first-order valence-corrected chi connectivity index (χ1v) is 7.78. The van der Waals surface area contributed by atoms with Gasteiger partial charge < -0.3 is 10.2 Å². The molecular formula is C17H21FN4O. The van der Waals surface area contributed by atoms with E-state index in [1.165, 1.54) is 18.5 Å². The summed E-state index contributed by atoms with van der Waals surface area (Å²) in [6.45, 7) is 5.46. The van der Waals surface area contributed by atoms with Crippen molar-refractivity contribution in [2.75, 3.05) is 18.4 Å². The van der Waals surface area contributed by atoms with Crippen LogP contribution in [0.4, 0.5) is 15.9 Å². The number of anilines is 2. The van der Waals surface area contributed by atoms with Crippen molar-refractivity contribution >= 4 is 17.4 Å². The van der Waals surface area contributed by atoms with Crippen LogP contribution in [0.2, 0.25) is 0 Å². The molecule has 0 fully saturated rings. The number of hydrogen-bond donors (Lipinski definition) is 1. The fourth-order valence-electron chi connectivity index (χ4n) is 2.22. The molecule has 0 aliphatic carbocycles. The van der Waals surface area contributed by atoms with Crippen molar-refractivity contribution in [3.63, 3.8) is 0 Å². The molecular weight excluding hydrogens is 295 g/mol. The van der Waals surface area contributed by atoms with Gasteiger partial charge in [-0.15, -0.1) is 0 Å². The molecule has 0 aliphatic heterocycles. The number of aromatic nitrogens is 2. The van der Waals surface area contributed by atoms with E-state index in [1.807, 2.05) is 13.8 Å². The largest absolute Gasteiger partial charge is 0.337 e. The second-order valence-electron chi connectivity index (χ2n) is 5.18. The standard InChI is InChI=1S/C17H21FN4O/c1-3-9-22(10-4-2)17(23)15-11-20-16(12-19-15)21-14-8-6-5-7-13(14)18/h5-8,11-12H,3-4,9-10H2,1-2H3,(H,20,21). The van der Waals surface area contributed by atoms with E-state index >= 15 is 0 Å². The maximum Gasteiger partial charge on any atom is 0.274 e. The van der Waals surface area contributed by atoms with Gasteiger partial charge >= 0.3 is 0 Å². The van der Waals surface area contributed by atoms with Crippen LogP contribution in [0.5, 0.6) is 0 Å². The highest BCUT2D eigenvalue weighted by atomic mass is 19.1. The average Bonchev–Trinajstić information content (AvgIpc) is 2.57. The van der Waals surface area contributed by atoms with Gasteiger partial charge in [0.05, 0.1) is 18.1 Å². The lowest BCUT2D eigenvalue weighted by Crippen LogP contribution is -2.33. The molecule has 1 N–H and O–H groups in total. The SMILES string of the molecule is CCCN(CCC)C(=O)c1cnc(Nc2ccccc2F)cn1. The molecule has 0 spiro atoms. The third kappa shape index (κ3) is 4.48. The zero-order valence-electron chi connectivity index (χ0n) is 13.4. The number of nitrogens with zero attached hydrogens (tertiary/aromatic N) is 3. The summed E-state index contributed by atoms with van der Waals surface area (Å²) in [5.74, 6) is -0.102. The van der Waals surface area contributed by atoms with E-state index in [0.717, 1.165) is 12.8 Å². The molecule has 0 saturated heterocycles. The van der Waals surface area contributed by atoms with E-state index in [4.69, 9.17) is 0 Å². The number of halogens is 1. The van der Waals surface area contributed by atoms with Gasteiger partial charge in [0.15, 0.2) is 0 Å². The Morgan fingerprint density at radius 1 is 1.13 bits per heavy atom. The van der Waals surface area contributed by atoms with Crippen LogP contribution in [-0.4, -0.2) is 33.9 Å². The molecule has 0 unspecified atom stereocenters. The Hall–Kier alpha value is -2.50. The van der Waals surface area contributed by atoms with Crippen LogP contribution in [-0.2, 0) is 0 Å². The van der Waals surface area contributed by atoms with Gasteiger partial charge in [0.1, 0.15) is 17.3 Å². The van der Waals surface area contributed by atoms with Crippen molar-refractivity contribution < 1.29 is 9.18 Å². The summed E-state index contributed by atoms with van der Waals surface area (Å²) in [4.78, 5) is 22.5. The van der Waals surface area contributed by atoms with E-state index in [9.17, 15) is 9.18 Å². The topological polar surface area (TPSA) is 58.1 Å². The number of para-hydroxylation sites is 1. The smallest absolute Gasteiger partial charge is 0.274 e. The van der Waals surface area contributed by atoms with E-state index in [-0.39, 0.29) is 11.7 Å². The molecule has 0 atom stereocenters. The predicted octanol–water partition coefficient (Wildman–Crippen LogP) is 3.62. The third-order valence-corrected chi connectivity index (χ3v) is 3.28. The molecule has 0 saturated carbocycles. The van der Waals surface area contributed by atoms with Gasteiger partial charge in [-0.05, 0) is 25.0 Å². The Morgan fingerprint density at radius 3 is 2.39 bits per heavy atom. The summed E-state index contributed by atoms with van der Waals surface area (Å²) >= 11 is 0. The molecule has 0 aliphatic rings. The minimum Gasteiger partial charge on any atom is -0.337 e. The fraction of sp³-hybridized carbons (Fsp3) is 0.353. The zero-order chi connectivity index (χ0) is 16.7. The first kappa shape index (κ1) is 16.9. The minimum absolute atomic E-state index is 0.126. The van der Waals surface area contributed by atoms with Crippen LogP contribution in [0.25, 0.3) is 0 Å². The lowest BCUT2D eigenvalue weighted by Gasteiger charge is -2.20. The molecule has 1 aromatic heterocycles. The molecule has 1 heterocycles. The number of rotatable bonds is 7. The molecule has 0 bridgehead atoms. The van der Waals surface area contributed by atoms with Crippen LogP contribution in [0, 0.1) is 5.82 Å². The lowest BCUT2D eigenvalue weighted by atomic mass is 10.3. The Kier molecular flexibility index (Phi) is 6.02. The van der Waals surface area contributed by atoms with Gasteiger partial charge in [0.25, 0.3) is 5.91 Å². The Labute approximate surface area is 135 Å². The van der Waals surface area contributed by atoms with Crippen molar-refractivity contribution in [3.8, 4) is 0 Å². The summed E-state index contributed by atoms with van der Waals surface area (Å²) in [6, 6.07) is 6.31. The Morgan fingerprint density at radius 2 is 1.83 bits per heavy atom. The van der Waals surface area contributed by atoms with Crippen LogP contribution in [0.1, 0.15) is 37.2 Å². The van der Waals surface area contributed by atoms with Gasteiger partial charge in [0, 0.05) is 13.1 Å². The van der Waals surface area contributed by atoms with E-state index in [2.05, 4.69) is 15.3 Å². The maximum atomic E-state index is 13.6. The number of carbonyl (C=O) groups excluding carboxylic acids is 1. The minimum atomic E-state index is -0.369. The average molecular weight is 316 g/mol. The Balaban J connectivity index is 2.09. The van der Waals surface area contributed by atoms with Gasteiger partial charge in [-0.3, -0.25) is 4.79 Å². The molecule has 0 radical (unpaired) electrons. The molecule has 122 valence electrons. The lowest BCUT2D eigenvalue weighted by molar-refractivity contribution is 0.0749. The number of carbonyl (C=O) groups is 1. The fourth-order valence-corrected chi connectivity index (χ4v) is 2.22. The van der Waals surface area contributed by atoms with Crippen molar-refractivity contribution in [2.45, 2.75) is 26.7 Å². The monoisotopic (exact) mass is 316 g/mol. The van der Waals surface area contributed by atoms with Crippen molar-refractivity contribution in [2.24, 2.45) is 0 Å². The van der Waals surface area contributed by atoms with Crippen LogP contribution in [0.3, 0.4) is 0 Å². The van der Waals surface area contributed by atoms with Crippen LogP contribution in [0.15, 0.2) is 36.7 Å². The Bertz CT molecular complexity index is 639. The van der Waals surface area contributed by atoms with E-state index in [0.29, 0.717) is 30.3 Å². The van der Waals surface area contributed by atoms with Gasteiger partial charge in [-0.1, -0.05) is 26.0 Å². The van der Waals surface area contributed by atoms with Crippen LogP contribution >= 0.6 is 0 Å². The van der Waals surface area contributed by atoms with Crippen molar-refractivity contribution in [1.29, 1.82) is 0 Å². The zero-order valence-corrected chi connectivity index (χ0v) is 13.4. The summed E-state index contributed by atoms with van der Waals surface area (Å²) in [5.41, 5.74) is 0.616. The number of benzene rings is 1. The molecule has 6 heteroatoms. The van der Waals surface area contributed by atoms with E-state index < -0.39 is 0 Å². The van der Waals surface area contributed by atoms with Gasteiger partial charge in [-0.25, -0.2) is 14.4 Å². The molecule has 5 nitrogen and oxygen atoms in total. The number of nitrogens with one attached hydrogen (secondary N) is 1. The quantitative estimate of drug-likeness (QED) is 0.847. The molecule has 1 amide bonds. The first-order chi connectivity index (χ1) is 11.2. The van der Waals surface area contributed by atoms with E-state index in [1.54, 1.807) is 23.1 Å².